The normalized spacial score (nSPS) is 21.8. The first-order valence-corrected chi connectivity index (χ1v) is 7.16. The van der Waals surface area contributed by atoms with Crippen molar-refractivity contribution in [2.45, 2.75) is 12.0 Å². The number of ether oxygens (including phenoxy) is 1. The van der Waals surface area contributed by atoms with E-state index in [1.807, 2.05) is 0 Å². The average molecular weight is 302 g/mol. The number of nitro benzene ring substituents is 1. The standard InChI is InChI=1S/C12H15FN2O4S/c1-19-8-4-9(13)11(15(17)18)10(5-8)14-6-12(16)2-3-20-7-12/h4-5,14,16H,2-3,6-7H2,1H3. The van der Waals surface area contributed by atoms with Crippen LogP contribution in [-0.4, -0.2) is 40.8 Å². The number of methoxy groups -OCH3 is 1. The third kappa shape index (κ3) is 3.13. The molecule has 110 valence electrons. The number of nitrogens with zero attached hydrogens (tertiary/aromatic N) is 1. The summed E-state index contributed by atoms with van der Waals surface area (Å²) in [6.45, 7) is 0.132. The quantitative estimate of drug-likeness (QED) is 0.639. The van der Waals surface area contributed by atoms with Gasteiger partial charge in [0.2, 0.25) is 5.82 Å². The van der Waals surface area contributed by atoms with E-state index in [4.69, 9.17) is 4.74 Å². The number of benzene rings is 1. The number of rotatable bonds is 5. The van der Waals surface area contributed by atoms with Crippen LogP contribution in [0.15, 0.2) is 12.1 Å². The molecule has 0 aliphatic carbocycles. The van der Waals surface area contributed by atoms with E-state index < -0.39 is 22.0 Å². The zero-order valence-electron chi connectivity index (χ0n) is 10.9. The van der Waals surface area contributed by atoms with Crippen LogP contribution < -0.4 is 10.1 Å². The Balaban J connectivity index is 2.24. The third-order valence-corrected chi connectivity index (χ3v) is 4.38. The van der Waals surface area contributed by atoms with E-state index in [2.05, 4.69) is 5.32 Å². The Kier molecular flexibility index (Phi) is 4.34. The molecule has 0 amide bonds. The summed E-state index contributed by atoms with van der Waals surface area (Å²) in [6, 6.07) is 2.32. The van der Waals surface area contributed by atoms with Gasteiger partial charge in [0, 0.05) is 24.4 Å². The molecule has 0 spiro atoms. The average Bonchev–Trinajstić information content (AvgIpc) is 2.82. The molecule has 0 bridgehead atoms. The second-order valence-electron chi connectivity index (χ2n) is 4.64. The fraction of sp³-hybridized carbons (Fsp3) is 0.500. The van der Waals surface area contributed by atoms with Crippen molar-refractivity contribution in [3.8, 4) is 5.75 Å². The van der Waals surface area contributed by atoms with E-state index in [1.54, 1.807) is 11.8 Å². The van der Waals surface area contributed by atoms with Gasteiger partial charge >= 0.3 is 5.69 Å². The molecule has 1 aromatic rings. The first-order chi connectivity index (χ1) is 9.45. The summed E-state index contributed by atoms with van der Waals surface area (Å²) in [5.74, 6) is 0.612. The van der Waals surface area contributed by atoms with Crippen molar-refractivity contribution >= 4 is 23.1 Å². The number of halogens is 1. The summed E-state index contributed by atoms with van der Waals surface area (Å²) >= 11 is 1.61. The number of nitro groups is 1. The van der Waals surface area contributed by atoms with Gasteiger partial charge in [-0.05, 0) is 12.2 Å². The van der Waals surface area contributed by atoms with Gasteiger partial charge in [0.1, 0.15) is 11.4 Å². The van der Waals surface area contributed by atoms with Crippen LogP contribution in [0.3, 0.4) is 0 Å². The minimum Gasteiger partial charge on any atom is -0.497 e. The highest BCUT2D eigenvalue weighted by Gasteiger charge is 2.32. The molecule has 1 aromatic carbocycles. The van der Waals surface area contributed by atoms with E-state index in [9.17, 15) is 19.6 Å². The molecule has 8 heteroatoms. The molecular formula is C12H15FN2O4S. The second kappa shape index (κ2) is 5.84. The molecule has 6 nitrogen and oxygen atoms in total. The fourth-order valence-corrected chi connectivity index (χ4v) is 3.30. The fourth-order valence-electron chi connectivity index (χ4n) is 2.01. The Morgan fingerprint density at radius 1 is 1.65 bits per heavy atom. The molecule has 2 N–H and O–H groups in total. The van der Waals surface area contributed by atoms with Gasteiger partial charge in [0.15, 0.2) is 0 Å². The predicted molar refractivity (Wildman–Crippen MR) is 75.0 cm³/mol. The molecule has 2 rings (SSSR count). The summed E-state index contributed by atoms with van der Waals surface area (Å²) in [6.07, 6.45) is 0.602. The van der Waals surface area contributed by atoms with Crippen LogP contribution in [0.5, 0.6) is 5.75 Å². The molecule has 0 saturated carbocycles. The van der Waals surface area contributed by atoms with Gasteiger partial charge in [-0.1, -0.05) is 0 Å². The summed E-state index contributed by atoms with van der Waals surface area (Å²) in [5.41, 5.74) is -1.55. The highest BCUT2D eigenvalue weighted by atomic mass is 32.2. The maximum absolute atomic E-state index is 13.7. The van der Waals surface area contributed by atoms with Crippen molar-refractivity contribution in [1.82, 2.24) is 0 Å². The SMILES string of the molecule is COc1cc(F)c([N+](=O)[O-])c(NCC2(O)CCSC2)c1. The lowest BCUT2D eigenvalue weighted by Gasteiger charge is -2.22. The predicted octanol–water partition coefficient (Wildman–Crippen LogP) is 2.02. The number of hydrogen-bond acceptors (Lipinski definition) is 6. The van der Waals surface area contributed by atoms with Crippen molar-refractivity contribution in [3.05, 3.63) is 28.1 Å². The van der Waals surface area contributed by atoms with Crippen molar-refractivity contribution in [1.29, 1.82) is 0 Å². The smallest absolute Gasteiger partial charge is 0.327 e. The van der Waals surface area contributed by atoms with Crippen LogP contribution >= 0.6 is 11.8 Å². The molecular weight excluding hydrogens is 287 g/mol. The van der Waals surface area contributed by atoms with Crippen LogP contribution in [-0.2, 0) is 0 Å². The topological polar surface area (TPSA) is 84.6 Å². The first kappa shape index (κ1) is 14.9. The van der Waals surface area contributed by atoms with E-state index in [1.165, 1.54) is 13.2 Å². The van der Waals surface area contributed by atoms with Crippen molar-refractivity contribution < 1.29 is 19.2 Å². The number of thioether (sulfide) groups is 1. The van der Waals surface area contributed by atoms with Gasteiger partial charge in [-0.25, -0.2) is 0 Å². The Morgan fingerprint density at radius 3 is 2.95 bits per heavy atom. The van der Waals surface area contributed by atoms with E-state index >= 15 is 0 Å². The van der Waals surface area contributed by atoms with Crippen LogP contribution in [0.25, 0.3) is 0 Å². The zero-order chi connectivity index (χ0) is 14.8. The van der Waals surface area contributed by atoms with Gasteiger partial charge in [0.05, 0.1) is 17.6 Å². The highest BCUT2D eigenvalue weighted by molar-refractivity contribution is 7.99. The Bertz CT molecular complexity index is 520. The molecule has 1 fully saturated rings. The van der Waals surface area contributed by atoms with Crippen LogP contribution in [0.4, 0.5) is 15.8 Å². The maximum Gasteiger partial charge on any atom is 0.327 e. The molecule has 1 aliphatic rings. The van der Waals surface area contributed by atoms with Gasteiger partial charge in [-0.15, -0.1) is 0 Å². The zero-order valence-corrected chi connectivity index (χ0v) is 11.7. The molecule has 0 radical (unpaired) electrons. The lowest BCUT2D eigenvalue weighted by Crippen LogP contribution is -2.36. The summed E-state index contributed by atoms with van der Waals surface area (Å²) < 4.78 is 18.6. The minimum atomic E-state index is -0.968. The number of anilines is 1. The van der Waals surface area contributed by atoms with Crippen molar-refractivity contribution in [2.75, 3.05) is 30.5 Å². The highest BCUT2D eigenvalue weighted by Crippen LogP contribution is 2.34. The lowest BCUT2D eigenvalue weighted by molar-refractivity contribution is -0.386. The molecule has 1 saturated heterocycles. The van der Waals surface area contributed by atoms with Crippen LogP contribution in [0, 0.1) is 15.9 Å². The molecule has 20 heavy (non-hydrogen) atoms. The second-order valence-corrected chi connectivity index (χ2v) is 5.75. The van der Waals surface area contributed by atoms with Crippen LogP contribution in [0.1, 0.15) is 6.42 Å². The molecule has 1 atom stereocenters. The van der Waals surface area contributed by atoms with Gasteiger partial charge < -0.3 is 15.2 Å². The summed E-state index contributed by atoms with van der Waals surface area (Å²) in [7, 11) is 1.35. The molecule has 1 heterocycles. The largest absolute Gasteiger partial charge is 0.497 e. The first-order valence-electron chi connectivity index (χ1n) is 6.01. The molecule has 1 aliphatic heterocycles. The number of nitrogens with one attached hydrogen (secondary N) is 1. The summed E-state index contributed by atoms with van der Waals surface area (Å²) in [4.78, 5) is 10.1. The Labute approximate surface area is 119 Å². The minimum absolute atomic E-state index is 0.0113. The number of hydrogen-bond donors (Lipinski definition) is 2. The van der Waals surface area contributed by atoms with Gasteiger partial charge in [-0.3, -0.25) is 10.1 Å². The Hall–Kier alpha value is -1.54. The summed E-state index contributed by atoms with van der Waals surface area (Å²) in [5, 5.41) is 23.9. The van der Waals surface area contributed by atoms with Gasteiger partial charge in [0.25, 0.3) is 0 Å². The maximum atomic E-state index is 13.7. The van der Waals surface area contributed by atoms with Crippen molar-refractivity contribution in [3.63, 3.8) is 0 Å². The van der Waals surface area contributed by atoms with E-state index in [0.717, 1.165) is 11.8 Å². The number of aliphatic hydroxyl groups is 1. The Morgan fingerprint density at radius 2 is 2.40 bits per heavy atom. The monoisotopic (exact) mass is 302 g/mol. The molecule has 0 aromatic heterocycles. The van der Waals surface area contributed by atoms with E-state index in [-0.39, 0.29) is 18.0 Å². The van der Waals surface area contributed by atoms with E-state index in [0.29, 0.717) is 12.2 Å². The van der Waals surface area contributed by atoms with Crippen LogP contribution in [0.2, 0.25) is 0 Å². The lowest BCUT2D eigenvalue weighted by atomic mass is 10.0. The third-order valence-electron chi connectivity index (χ3n) is 3.15. The van der Waals surface area contributed by atoms with Gasteiger partial charge in [-0.2, -0.15) is 16.2 Å². The van der Waals surface area contributed by atoms with Crippen molar-refractivity contribution in [2.24, 2.45) is 0 Å². The molecule has 1 unspecified atom stereocenters.